The van der Waals surface area contributed by atoms with Crippen LogP contribution in [0.4, 0.5) is 0 Å². The van der Waals surface area contributed by atoms with Crippen LogP contribution >= 0.6 is 0 Å². The summed E-state index contributed by atoms with van der Waals surface area (Å²) < 4.78 is 5.24. The van der Waals surface area contributed by atoms with Crippen LogP contribution in [0.1, 0.15) is 17.2 Å². The average molecular weight is 336 g/mol. The normalized spacial score (nSPS) is 11.9. The van der Waals surface area contributed by atoms with E-state index in [0.29, 0.717) is 5.56 Å². The number of carbonyl (C=O) groups is 1. The molecular weight excluding hydrogens is 316 g/mol. The second kappa shape index (κ2) is 7.77. The smallest absolute Gasteiger partial charge is 0.224 e. The summed E-state index contributed by atoms with van der Waals surface area (Å²) in [7, 11) is 1.63. The van der Waals surface area contributed by atoms with Crippen molar-refractivity contribution in [1.29, 1.82) is 0 Å². The van der Waals surface area contributed by atoms with E-state index in [1.165, 1.54) is 0 Å². The van der Waals surface area contributed by atoms with Gasteiger partial charge in [0.2, 0.25) is 5.91 Å². The second-order valence-corrected chi connectivity index (χ2v) is 5.83. The quantitative estimate of drug-likeness (QED) is 0.726. The molecule has 128 valence electrons. The molecule has 1 amide bonds. The van der Waals surface area contributed by atoms with Crippen molar-refractivity contribution in [3.8, 4) is 5.75 Å². The molecule has 5 nitrogen and oxygen atoms in total. The first-order valence-electron chi connectivity index (χ1n) is 8.07. The molecule has 0 aliphatic heterocycles. The van der Waals surface area contributed by atoms with E-state index in [1.54, 1.807) is 31.6 Å². The van der Waals surface area contributed by atoms with Crippen molar-refractivity contribution in [2.75, 3.05) is 13.7 Å². The highest BCUT2D eigenvalue weighted by atomic mass is 16.5. The molecule has 0 aliphatic rings. The van der Waals surface area contributed by atoms with Gasteiger partial charge in [0.05, 0.1) is 19.6 Å². The number of hydrogen-bond donors (Lipinski definition) is 2. The highest BCUT2D eigenvalue weighted by molar-refractivity contribution is 5.86. The summed E-state index contributed by atoms with van der Waals surface area (Å²) in [5.74, 6) is 0.652. The van der Waals surface area contributed by atoms with Crippen LogP contribution in [0.2, 0.25) is 0 Å². The van der Waals surface area contributed by atoms with Gasteiger partial charge in [-0.3, -0.25) is 9.78 Å². The number of ether oxygens (including phenoxy) is 1. The summed E-state index contributed by atoms with van der Waals surface area (Å²) in [6.45, 7) is 0.159. The summed E-state index contributed by atoms with van der Waals surface area (Å²) in [6.07, 6.45) is 2.72. The number of rotatable bonds is 6. The lowest BCUT2D eigenvalue weighted by atomic mass is 10.0. The number of hydrogen-bond acceptors (Lipinski definition) is 4. The van der Waals surface area contributed by atoms with Crippen molar-refractivity contribution in [2.24, 2.45) is 0 Å². The molecule has 1 aromatic heterocycles. The number of carbonyl (C=O) groups excluding carboxylic acids is 1. The van der Waals surface area contributed by atoms with Crippen LogP contribution in [-0.2, 0) is 11.2 Å². The second-order valence-electron chi connectivity index (χ2n) is 5.83. The molecule has 3 rings (SSSR count). The van der Waals surface area contributed by atoms with Crippen molar-refractivity contribution in [3.05, 3.63) is 72.1 Å². The lowest BCUT2D eigenvalue weighted by molar-refractivity contribution is -0.120. The van der Waals surface area contributed by atoms with Gasteiger partial charge in [-0.1, -0.05) is 30.3 Å². The van der Waals surface area contributed by atoms with Crippen molar-refractivity contribution >= 4 is 16.7 Å². The third kappa shape index (κ3) is 4.33. The molecule has 1 atom stereocenters. The lowest BCUT2D eigenvalue weighted by Gasteiger charge is -2.12. The molecule has 0 saturated carbocycles. The Balaban J connectivity index is 1.61. The Bertz CT molecular complexity index is 865. The van der Waals surface area contributed by atoms with Crippen molar-refractivity contribution in [2.45, 2.75) is 12.5 Å². The van der Waals surface area contributed by atoms with E-state index >= 15 is 0 Å². The minimum absolute atomic E-state index is 0.134. The lowest BCUT2D eigenvalue weighted by Crippen LogP contribution is -2.29. The number of nitrogens with zero attached hydrogens (tertiary/aromatic N) is 1. The van der Waals surface area contributed by atoms with E-state index in [9.17, 15) is 9.90 Å². The van der Waals surface area contributed by atoms with Crippen LogP contribution in [0.15, 0.2) is 60.9 Å². The molecule has 3 aromatic rings. The van der Waals surface area contributed by atoms with Gasteiger partial charge in [-0.2, -0.15) is 0 Å². The topological polar surface area (TPSA) is 71.5 Å². The first-order valence-corrected chi connectivity index (χ1v) is 8.07. The van der Waals surface area contributed by atoms with E-state index in [4.69, 9.17) is 4.74 Å². The Morgan fingerprint density at radius 1 is 1.20 bits per heavy atom. The Kier molecular flexibility index (Phi) is 5.26. The molecule has 1 heterocycles. The van der Waals surface area contributed by atoms with Crippen LogP contribution < -0.4 is 10.1 Å². The summed E-state index contributed by atoms with van der Waals surface area (Å²) in [6, 6.07) is 15.3. The van der Waals surface area contributed by atoms with Gasteiger partial charge in [-0.25, -0.2) is 0 Å². The predicted octanol–water partition coefficient (Wildman–Crippen LogP) is 2.64. The number of aromatic nitrogens is 1. The van der Waals surface area contributed by atoms with E-state index in [-0.39, 0.29) is 18.9 Å². The van der Waals surface area contributed by atoms with Gasteiger partial charge in [0.15, 0.2) is 0 Å². The minimum Gasteiger partial charge on any atom is -0.497 e. The average Bonchev–Trinajstić information content (AvgIpc) is 2.66. The minimum atomic E-state index is -0.765. The third-order valence-electron chi connectivity index (χ3n) is 4.04. The fourth-order valence-corrected chi connectivity index (χ4v) is 2.66. The van der Waals surface area contributed by atoms with E-state index in [2.05, 4.69) is 10.3 Å². The highest BCUT2D eigenvalue weighted by Crippen LogP contribution is 2.22. The number of nitrogens with one attached hydrogen (secondary N) is 1. The van der Waals surface area contributed by atoms with E-state index < -0.39 is 6.10 Å². The summed E-state index contributed by atoms with van der Waals surface area (Å²) in [5, 5.41) is 14.9. The zero-order valence-electron chi connectivity index (χ0n) is 14.0. The third-order valence-corrected chi connectivity index (χ3v) is 4.04. The maximum absolute atomic E-state index is 12.1. The molecule has 0 radical (unpaired) electrons. The van der Waals surface area contributed by atoms with Crippen molar-refractivity contribution < 1.29 is 14.6 Å². The SMILES string of the molecule is COc1ccc2ccc(CC(=O)NCC(O)c3cccnc3)cc2c1. The predicted molar refractivity (Wildman–Crippen MR) is 96.4 cm³/mol. The Labute approximate surface area is 146 Å². The van der Waals surface area contributed by atoms with Gasteiger partial charge in [-0.05, 0) is 34.5 Å². The number of aliphatic hydroxyl groups excluding tert-OH is 1. The highest BCUT2D eigenvalue weighted by Gasteiger charge is 2.10. The van der Waals surface area contributed by atoms with Crippen LogP contribution in [0.5, 0.6) is 5.75 Å². The molecule has 5 heteroatoms. The number of methoxy groups -OCH3 is 1. The standard InChI is InChI=1S/C20H20N2O3/c1-25-18-7-6-15-5-4-14(9-17(15)11-18)10-20(24)22-13-19(23)16-3-2-8-21-12-16/h2-9,11-12,19,23H,10,13H2,1H3,(H,22,24). The van der Waals surface area contributed by atoms with Crippen molar-refractivity contribution in [3.63, 3.8) is 0 Å². The largest absolute Gasteiger partial charge is 0.497 e. The Hall–Kier alpha value is -2.92. The first kappa shape index (κ1) is 16.9. The van der Waals surface area contributed by atoms with Crippen LogP contribution in [-0.4, -0.2) is 29.7 Å². The zero-order valence-corrected chi connectivity index (χ0v) is 14.0. The molecule has 0 saturated heterocycles. The van der Waals surface area contributed by atoms with Gasteiger partial charge in [0.1, 0.15) is 5.75 Å². The van der Waals surface area contributed by atoms with E-state index in [1.807, 2.05) is 36.4 Å². The number of benzene rings is 2. The number of amides is 1. The Morgan fingerprint density at radius 3 is 2.80 bits per heavy atom. The number of pyridine rings is 1. The molecule has 0 aliphatic carbocycles. The summed E-state index contributed by atoms with van der Waals surface area (Å²) in [5.41, 5.74) is 1.59. The fraction of sp³-hybridized carbons (Fsp3) is 0.200. The molecule has 0 spiro atoms. The van der Waals surface area contributed by atoms with Gasteiger partial charge < -0.3 is 15.2 Å². The summed E-state index contributed by atoms with van der Waals surface area (Å²) in [4.78, 5) is 16.1. The van der Waals surface area contributed by atoms with Crippen LogP contribution in [0.3, 0.4) is 0 Å². The maximum Gasteiger partial charge on any atom is 0.224 e. The molecule has 2 N–H and O–H groups in total. The molecule has 1 unspecified atom stereocenters. The first-order chi connectivity index (χ1) is 12.2. The molecule has 0 bridgehead atoms. The molecular formula is C20H20N2O3. The van der Waals surface area contributed by atoms with Gasteiger partial charge in [0.25, 0.3) is 0 Å². The van der Waals surface area contributed by atoms with E-state index in [0.717, 1.165) is 22.1 Å². The van der Waals surface area contributed by atoms with Gasteiger partial charge >= 0.3 is 0 Å². The van der Waals surface area contributed by atoms with Gasteiger partial charge in [0, 0.05) is 24.5 Å². The van der Waals surface area contributed by atoms with Crippen molar-refractivity contribution in [1.82, 2.24) is 10.3 Å². The molecule has 25 heavy (non-hydrogen) atoms. The van der Waals surface area contributed by atoms with Crippen LogP contribution in [0.25, 0.3) is 10.8 Å². The monoisotopic (exact) mass is 336 g/mol. The zero-order chi connectivity index (χ0) is 17.6. The summed E-state index contributed by atoms with van der Waals surface area (Å²) >= 11 is 0. The molecule has 2 aromatic carbocycles. The number of aliphatic hydroxyl groups is 1. The Morgan fingerprint density at radius 2 is 2.04 bits per heavy atom. The van der Waals surface area contributed by atoms with Gasteiger partial charge in [-0.15, -0.1) is 0 Å². The molecule has 0 fully saturated rings. The number of fused-ring (bicyclic) bond motifs is 1. The van der Waals surface area contributed by atoms with Crippen LogP contribution in [0, 0.1) is 0 Å². The fourth-order valence-electron chi connectivity index (χ4n) is 2.66. The maximum atomic E-state index is 12.1.